The zero-order valence-corrected chi connectivity index (χ0v) is 20.4. The molecular weight excluding hydrogens is 444 g/mol. The fourth-order valence-corrected chi connectivity index (χ4v) is 4.42. The molecule has 1 atom stereocenters. The SMILES string of the molecule is COc1ccc([C@H]2/C(=C(\O)c3cnn(-c4ccccc4)c3C)C(=O)C(=O)N2CCCN(C)C)cc1. The number of nitrogens with zero attached hydrogens (tertiary/aromatic N) is 4. The fraction of sp³-hybridized carbons (Fsp3) is 0.296. The lowest BCUT2D eigenvalue weighted by Crippen LogP contribution is -2.32. The Hall–Kier alpha value is -3.91. The quantitative estimate of drug-likeness (QED) is 0.305. The van der Waals surface area contributed by atoms with Crippen molar-refractivity contribution < 1.29 is 19.4 Å². The van der Waals surface area contributed by atoms with Gasteiger partial charge < -0.3 is 19.6 Å². The Balaban J connectivity index is 1.80. The number of Topliss-reactive ketones (excluding diaryl/α,β-unsaturated/α-hetero) is 1. The van der Waals surface area contributed by atoms with Gasteiger partial charge in [0.15, 0.2) is 0 Å². The van der Waals surface area contributed by atoms with Gasteiger partial charge in [-0.2, -0.15) is 5.10 Å². The van der Waals surface area contributed by atoms with Crippen molar-refractivity contribution in [2.75, 3.05) is 34.3 Å². The summed E-state index contributed by atoms with van der Waals surface area (Å²) in [5.74, 6) is -0.864. The van der Waals surface area contributed by atoms with Crippen LogP contribution in [-0.2, 0) is 9.59 Å². The van der Waals surface area contributed by atoms with Crippen molar-refractivity contribution in [1.29, 1.82) is 0 Å². The molecule has 0 spiro atoms. The van der Waals surface area contributed by atoms with Gasteiger partial charge in [-0.05, 0) is 63.8 Å². The van der Waals surface area contributed by atoms with Crippen LogP contribution >= 0.6 is 0 Å². The average molecular weight is 475 g/mol. The molecule has 0 radical (unpaired) electrons. The predicted octanol–water partition coefficient (Wildman–Crippen LogP) is 3.56. The molecule has 1 aliphatic rings. The first-order valence-corrected chi connectivity index (χ1v) is 11.5. The topological polar surface area (TPSA) is 87.9 Å². The van der Waals surface area contributed by atoms with Gasteiger partial charge >= 0.3 is 0 Å². The Bertz CT molecular complexity index is 1250. The molecule has 3 aromatic rings. The van der Waals surface area contributed by atoms with E-state index in [-0.39, 0.29) is 11.3 Å². The van der Waals surface area contributed by atoms with Gasteiger partial charge in [0.2, 0.25) is 0 Å². The van der Waals surface area contributed by atoms with Crippen LogP contribution in [-0.4, -0.2) is 70.7 Å². The normalized spacial score (nSPS) is 17.4. The van der Waals surface area contributed by atoms with Crippen LogP contribution in [0, 0.1) is 6.92 Å². The average Bonchev–Trinajstić information content (AvgIpc) is 3.36. The molecule has 1 fully saturated rings. The van der Waals surface area contributed by atoms with Crippen LogP contribution in [0.2, 0.25) is 0 Å². The fourth-order valence-electron chi connectivity index (χ4n) is 4.42. The molecule has 1 saturated heterocycles. The third-order valence-corrected chi connectivity index (χ3v) is 6.24. The first kappa shape index (κ1) is 24.2. The number of hydrogen-bond donors (Lipinski definition) is 1. The molecule has 1 N–H and O–H groups in total. The molecule has 35 heavy (non-hydrogen) atoms. The van der Waals surface area contributed by atoms with E-state index >= 15 is 0 Å². The zero-order valence-electron chi connectivity index (χ0n) is 20.4. The van der Waals surface area contributed by atoms with Crippen molar-refractivity contribution >= 4 is 17.4 Å². The van der Waals surface area contributed by atoms with Crippen molar-refractivity contribution in [2.45, 2.75) is 19.4 Å². The lowest BCUT2D eigenvalue weighted by Gasteiger charge is -2.26. The second-order valence-electron chi connectivity index (χ2n) is 8.81. The number of rotatable bonds is 8. The minimum atomic E-state index is -0.706. The van der Waals surface area contributed by atoms with Gasteiger partial charge in [0.1, 0.15) is 11.5 Å². The van der Waals surface area contributed by atoms with Crippen LogP contribution in [0.3, 0.4) is 0 Å². The summed E-state index contributed by atoms with van der Waals surface area (Å²) in [4.78, 5) is 29.9. The van der Waals surface area contributed by atoms with Crippen LogP contribution in [0.4, 0.5) is 0 Å². The number of benzene rings is 2. The molecule has 4 rings (SSSR count). The van der Waals surface area contributed by atoms with Crippen LogP contribution in [0.5, 0.6) is 5.75 Å². The molecule has 8 nitrogen and oxygen atoms in total. The number of carbonyl (C=O) groups is 2. The van der Waals surface area contributed by atoms with Gasteiger partial charge in [-0.1, -0.05) is 30.3 Å². The van der Waals surface area contributed by atoms with E-state index in [4.69, 9.17) is 4.74 Å². The number of aliphatic hydroxyl groups is 1. The maximum Gasteiger partial charge on any atom is 0.295 e. The molecule has 1 aliphatic heterocycles. The standard InChI is InChI=1S/C27H30N4O4/c1-18-22(17-28-31(18)20-9-6-5-7-10-20)25(32)23-24(19-11-13-21(35-4)14-12-19)30(27(34)26(23)33)16-8-15-29(2)3/h5-7,9-14,17,24,32H,8,15-16H2,1-4H3/b25-23+/t24-/m0/s1. The molecule has 0 aliphatic carbocycles. The van der Waals surface area contributed by atoms with Crippen molar-refractivity contribution in [2.24, 2.45) is 0 Å². The number of ether oxygens (including phenoxy) is 1. The van der Waals surface area contributed by atoms with Crippen LogP contribution < -0.4 is 4.74 Å². The summed E-state index contributed by atoms with van der Waals surface area (Å²) in [7, 11) is 5.50. The minimum absolute atomic E-state index is 0.0701. The lowest BCUT2D eigenvalue weighted by atomic mass is 9.95. The monoisotopic (exact) mass is 474 g/mol. The summed E-state index contributed by atoms with van der Waals surface area (Å²) in [6.07, 6.45) is 2.22. The maximum atomic E-state index is 13.3. The van der Waals surface area contributed by atoms with E-state index in [0.29, 0.717) is 30.0 Å². The van der Waals surface area contributed by atoms with Gasteiger partial charge in [-0.15, -0.1) is 0 Å². The molecule has 8 heteroatoms. The molecule has 2 aromatic carbocycles. The van der Waals surface area contributed by atoms with E-state index in [2.05, 4.69) is 5.10 Å². The molecule has 0 unspecified atom stereocenters. The first-order chi connectivity index (χ1) is 16.8. The number of amides is 1. The number of aliphatic hydroxyl groups excluding tert-OH is 1. The molecule has 0 saturated carbocycles. The van der Waals surface area contributed by atoms with Gasteiger partial charge in [0, 0.05) is 6.54 Å². The van der Waals surface area contributed by atoms with Gasteiger partial charge in [0.25, 0.3) is 11.7 Å². The maximum absolute atomic E-state index is 13.3. The summed E-state index contributed by atoms with van der Waals surface area (Å²) in [6.45, 7) is 2.98. The first-order valence-electron chi connectivity index (χ1n) is 11.5. The number of methoxy groups -OCH3 is 1. The second kappa shape index (κ2) is 10.1. The minimum Gasteiger partial charge on any atom is -0.507 e. The summed E-state index contributed by atoms with van der Waals surface area (Å²) in [6, 6.07) is 16.0. The van der Waals surface area contributed by atoms with Crippen LogP contribution in [0.15, 0.2) is 66.4 Å². The highest BCUT2D eigenvalue weighted by atomic mass is 16.5. The summed E-state index contributed by atoms with van der Waals surface area (Å²) < 4.78 is 6.97. The van der Waals surface area contributed by atoms with Gasteiger partial charge in [-0.3, -0.25) is 9.59 Å². The summed E-state index contributed by atoms with van der Waals surface area (Å²) in [5.41, 5.74) is 2.71. The number of likely N-dealkylation sites (tertiary alicyclic amines) is 1. The van der Waals surface area contributed by atoms with Crippen molar-refractivity contribution in [3.8, 4) is 11.4 Å². The van der Waals surface area contributed by atoms with Gasteiger partial charge in [0.05, 0.1) is 41.9 Å². The summed E-state index contributed by atoms with van der Waals surface area (Å²) in [5, 5.41) is 15.8. The third kappa shape index (κ3) is 4.70. The smallest absolute Gasteiger partial charge is 0.295 e. The molecular formula is C27H30N4O4. The van der Waals surface area contributed by atoms with Gasteiger partial charge in [-0.25, -0.2) is 4.68 Å². The van der Waals surface area contributed by atoms with E-state index < -0.39 is 17.7 Å². The Kier molecular flexibility index (Phi) is 7.02. The van der Waals surface area contributed by atoms with E-state index in [1.165, 1.54) is 6.20 Å². The number of ketones is 1. The van der Waals surface area contributed by atoms with Crippen molar-refractivity contribution in [3.63, 3.8) is 0 Å². The van der Waals surface area contributed by atoms with E-state index in [1.807, 2.05) is 68.4 Å². The number of para-hydroxylation sites is 1. The molecule has 2 heterocycles. The van der Waals surface area contributed by atoms with Crippen molar-refractivity contribution in [1.82, 2.24) is 19.6 Å². The molecule has 0 bridgehead atoms. The van der Waals surface area contributed by atoms with E-state index in [0.717, 1.165) is 17.8 Å². The summed E-state index contributed by atoms with van der Waals surface area (Å²) >= 11 is 0. The molecule has 1 aromatic heterocycles. The lowest BCUT2D eigenvalue weighted by molar-refractivity contribution is -0.139. The van der Waals surface area contributed by atoms with Crippen LogP contribution in [0.1, 0.15) is 29.3 Å². The Morgan fingerprint density at radius 2 is 1.77 bits per heavy atom. The van der Waals surface area contributed by atoms with Crippen molar-refractivity contribution in [3.05, 3.63) is 83.2 Å². The highest BCUT2D eigenvalue weighted by molar-refractivity contribution is 6.46. The predicted molar refractivity (Wildman–Crippen MR) is 133 cm³/mol. The molecule has 182 valence electrons. The Morgan fingerprint density at radius 3 is 2.40 bits per heavy atom. The van der Waals surface area contributed by atoms with E-state index in [9.17, 15) is 14.7 Å². The Morgan fingerprint density at radius 1 is 1.09 bits per heavy atom. The van der Waals surface area contributed by atoms with Crippen LogP contribution in [0.25, 0.3) is 11.4 Å². The van der Waals surface area contributed by atoms with E-state index in [1.54, 1.807) is 28.8 Å². The second-order valence-corrected chi connectivity index (χ2v) is 8.81. The highest BCUT2D eigenvalue weighted by Gasteiger charge is 2.46. The zero-order chi connectivity index (χ0) is 25.1. The number of carbonyl (C=O) groups excluding carboxylic acids is 2. The highest BCUT2D eigenvalue weighted by Crippen LogP contribution is 2.40. The Labute approximate surface area is 205 Å². The third-order valence-electron chi connectivity index (χ3n) is 6.24. The number of hydrogen-bond acceptors (Lipinski definition) is 6. The number of aromatic nitrogens is 2. The largest absolute Gasteiger partial charge is 0.507 e. The molecule has 1 amide bonds.